The van der Waals surface area contributed by atoms with Crippen molar-refractivity contribution in [3.63, 3.8) is 0 Å². The Hall–Kier alpha value is -2.05. The van der Waals surface area contributed by atoms with E-state index in [2.05, 4.69) is 14.7 Å². The van der Waals surface area contributed by atoms with E-state index in [4.69, 9.17) is 5.11 Å². The second-order valence-corrected chi connectivity index (χ2v) is 4.23. The highest BCUT2D eigenvalue weighted by Gasteiger charge is 2.38. The zero-order chi connectivity index (χ0) is 14.0. The fraction of sp³-hybridized carbons (Fsp3) is 0.333. The monoisotopic (exact) mass is 272 g/mol. The summed E-state index contributed by atoms with van der Waals surface area (Å²) in [5.74, 6) is -1.50. The Bertz CT molecular complexity index is 549. The number of rotatable bonds is 3. The van der Waals surface area contributed by atoms with E-state index >= 15 is 0 Å². The standard InChI is InChI=1S/C12H11F3N2O2/c1-7(6-8-2-4-9(18)5-3-8)10-16-11(19-17-10)12(13,14)15/h2-5,7,18H,6H2,1H3/t7-/m0/s1. The van der Waals surface area contributed by atoms with Crippen LogP contribution >= 0.6 is 0 Å². The fourth-order valence-electron chi connectivity index (χ4n) is 1.63. The summed E-state index contributed by atoms with van der Waals surface area (Å²) in [6.07, 6.45) is -4.17. The fourth-order valence-corrected chi connectivity index (χ4v) is 1.63. The summed E-state index contributed by atoms with van der Waals surface area (Å²) in [6.45, 7) is 1.71. The molecule has 2 aromatic rings. The van der Waals surface area contributed by atoms with Gasteiger partial charge in [-0.05, 0) is 24.1 Å². The van der Waals surface area contributed by atoms with Crippen molar-refractivity contribution in [1.29, 1.82) is 0 Å². The van der Waals surface area contributed by atoms with Gasteiger partial charge in [-0.3, -0.25) is 0 Å². The van der Waals surface area contributed by atoms with Crippen molar-refractivity contribution >= 4 is 0 Å². The number of hydrogen-bond acceptors (Lipinski definition) is 4. The van der Waals surface area contributed by atoms with Gasteiger partial charge in [0.25, 0.3) is 0 Å². The Morgan fingerprint density at radius 1 is 1.26 bits per heavy atom. The van der Waals surface area contributed by atoms with Gasteiger partial charge in [0.2, 0.25) is 0 Å². The van der Waals surface area contributed by atoms with Gasteiger partial charge in [0.15, 0.2) is 5.82 Å². The normalized spacial score (nSPS) is 13.5. The molecule has 4 nitrogen and oxygen atoms in total. The van der Waals surface area contributed by atoms with Crippen LogP contribution in [0, 0.1) is 0 Å². The second kappa shape index (κ2) is 4.91. The molecule has 102 valence electrons. The summed E-state index contributed by atoms with van der Waals surface area (Å²) in [4.78, 5) is 3.34. The van der Waals surface area contributed by atoms with Crippen LogP contribution in [0.5, 0.6) is 5.75 Å². The largest absolute Gasteiger partial charge is 0.508 e. The number of benzene rings is 1. The van der Waals surface area contributed by atoms with Crippen molar-refractivity contribution in [2.45, 2.75) is 25.4 Å². The van der Waals surface area contributed by atoms with Gasteiger partial charge in [-0.2, -0.15) is 18.2 Å². The third kappa shape index (κ3) is 3.24. The summed E-state index contributed by atoms with van der Waals surface area (Å²) in [6, 6.07) is 6.41. The molecule has 0 fully saturated rings. The Kier molecular flexibility index (Phi) is 3.46. The van der Waals surface area contributed by atoms with Crippen molar-refractivity contribution < 1.29 is 22.8 Å². The average molecular weight is 272 g/mol. The van der Waals surface area contributed by atoms with Crippen molar-refractivity contribution in [3.05, 3.63) is 41.5 Å². The predicted octanol–water partition coefficient (Wildman–Crippen LogP) is 3.14. The van der Waals surface area contributed by atoms with Crippen LogP contribution in [-0.2, 0) is 12.6 Å². The molecular formula is C12H11F3N2O2. The van der Waals surface area contributed by atoms with Gasteiger partial charge in [0.1, 0.15) is 5.75 Å². The quantitative estimate of drug-likeness (QED) is 0.932. The van der Waals surface area contributed by atoms with E-state index < -0.39 is 12.1 Å². The first-order valence-corrected chi connectivity index (χ1v) is 5.55. The highest BCUT2D eigenvalue weighted by Crippen LogP contribution is 2.29. The number of phenols is 1. The summed E-state index contributed by atoms with van der Waals surface area (Å²) in [7, 11) is 0. The van der Waals surface area contributed by atoms with E-state index in [1.807, 2.05) is 0 Å². The molecule has 0 aliphatic rings. The maximum atomic E-state index is 12.3. The van der Waals surface area contributed by atoms with Crippen LogP contribution in [0.3, 0.4) is 0 Å². The molecule has 1 N–H and O–H groups in total. The lowest BCUT2D eigenvalue weighted by Gasteiger charge is -2.06. The zero-order valence-electron chi connectivity index (χ0n) is 9.98. The van der Waals surface area contributed by atoms with Gasteiger partial charge in [-0.1, -0.05) is 24.2 Å². The first-order valence-electron chi connectivity index (χ1n) is 5.55. The molecule has 0 radical (unpaired) electrons. The third-order valence-electron chi connectivity index (χ3n) is 2.60. The summed E-state index contributed by atoms with van der Waals surface area (Å²) >= 11 is 0. The van der Waals surface area contributed by atoms with Crippen LogP contribution in [0.2, 0.25) is 0 Å². The average Bonchev–Trinajstić information content (AvgIpc) is 2.81. The molecule has 1 atom stereocenters. The van der Waals surface area contributed by atoms with Gasteiger partial charge >= 0.3 is 12.1 Å². The zero-order valence-corrected chi connectivity index (χ0v) is 9.98. The molecule has 2 rings (SSSR count). The Morgan fingerprint density at radius 2 is 1.89 bits per heavy atom. The van der Waals surface area contributed by atoms with Crippen molar-refractivity contribution in [1.82, 2.24) is 10.1 Å². The molecule has 0 spiro atoms. The maximum absolute atomic E-state index is 12.3. The minimum absolute atomic E-state index is 0.0143. The molecular weight excluding hydrogens is 261 g/mol. The number of alkyl halides is 3. The van der Waals surface area contributed by atoms with Gasteiger partial charge in [0, 0.05) is 5.92 Å². The maximum Gasteiger partial charge on any atom is 0.471 e. The van der Waals surface area contributed by atoms with Crippen LogP contribution < -0.4 is 0 Å². The lowest BCUT2D eigenvalue weighted by molar-refractivity contribution is -0.159. The van der Waals surface area contributed by atoms with Gasteiger partial charge in [-0.15, -0.1) is 0 Å². The SMILES string of the molecule is C[C@@H](Cc1ccc(O)cc1)c1noc(C(F)(F)F)n1. The molecule has 0 saturated carbocycles. The molecule has 1 aromatic heterocycles. The minimum atomic E-state index is -4.62. The van der Waals surface area contributed by atoms with E-state index in [1.54, 1.807) is 19.1 Å². The lowest BCUT2D eigenvalue weighted by Crippen LogP contribution is -2.06. The van der Waals surface area contributed by atoms with E-state index in [9.17, 15) is 13.2 Å². The van der Waals surface area contributed by atoms with Gasteiger partial charge in [0.05, 0.1) is 0 Å². The number of hydrogen-bond donors (Lipinski definition) is 1. The summed E-state index contributed by atoms with van der Waals surface area (Å²) in [5, 5.41) is 12.5. The Morgan fingerprint density at radius 3 is 2.42 bits per heavy atom. The number of phenolic OH excluding ortho intramolecular Hbond substituents is 1. The van der Waals surface area contributed by atoms with E-state index in [0.29, 0.717) is 6.42 Å². The first-order chi connectivity index (χ1) is 8.86. The molecule has 0 saturated heterocycles. The number of nitrogens with zero attached hydrogens (tertiary/aromatic N) is 2. The summed E-state index contributed by atoms with van der Waals surface area (Å²) in [5.41, 5.74) is 0.864. The number of aromatic nitrogens is 2. The van der Waals surface area contributed by atoms with Crippen LogP contribution in [0.4, 0.5) is 13.2 Å². The molecule has 1 aromatic carbocycles. The molecule has 0 unspecified atom stereocenters. The van der Waals surface area contributed by atoms with Crippen LogP contribution in [0.15, 0.2) is 28.8 Å². The van der Waals surface area contributed by atoms with Gasteiger partial charge in [-0.25, -0.2) is 0 Å². The molecule has 0 bridgehead atoms. The molecule has 0 aliphatic heterocycles. The molecule has 7 heteroatoms. The third-order valence-corrected chi connectivity index (χ3v) is 2.60. The topological polar surface area (TPSA) is 59.2 Å². The van der Waals surface area contributed by atoms with E-state index in [0.717, 1.165) is 5.56 Å². The molecule has 0 aliphatic carbocycles. The number of halogens is 3. The van der Waals surface area contributed by atoms with Crippen LogP contribution in [0.25, 0.3) is 0 Å². The Balaban J connectivity index is 2.09. The number of aromatic hydroxyl groups is 1. The second-order valence-electron chi connectivity index (χ2n) is 4.23. The Labute approximate surface area is 106 Å². The lowest BCUT2D eigenvalue weighted by atomic mass is 10.0. The molecule has 1 heterocycles. The van der Waals surface area contributed by atoms with E-state index in [1.165, 1.54) is 12.1 Å². The summed E-state index contributed by atoms with van der Waals surface area (Å²) < 4.78 is 41.1. The minimum Gasteiger partial charge on any atom is -0.508 e. The van der Waals surface area contributed by atoms with Gasteiger partial charge < -0.3 is 9.63 Å². The van der Waals surface area contributed by atoms with Crippen LogP contribution in [-0.4, -0.2) is 15.2 Å². The van der Waals surface area contributed by atoms with Crippen LogP contribution in [0.1, 0.15) is 30.1 Å². The van der Waals surface area contributed by atoms with Crippen molar-refractivity contribution in [3.8, 4) is 5.75 Å². The van der Waals surface area contributed by atoms with E-state index in [-0.39, 0.29) is 17.5 Å². The highest BCUT2D eigenvalue weighted by atomic mass is 19.4. The smallest absolute Gasteiger partial charge is 0.471 e. The first kappa shape index (κ1) is 13.4. The highest BCUT2D eigenvalue weighted by molar-refractivity contribution is 5.26. The predicted molar refractivity (Wildman–Crippen MR) is 59.5 cm³/mol. The molecule has 0 amide bonds. The molecule has 19 heavy (non-hydrogen) atoms. The van der Waals surface area contributed by atoms with Crippen molar-refractivity contribution in [2.75, 3.05) is 0 Å². The van der Waals surface area contributed by atoms with Crippen molar-refractivity contribution in [2.24, 2.45) is 0 Å².